The van der Waals surface area contributed by atoms with Crippen LogP contribution in [0.4, 0.5) is 0 Å². The van der Waals surface area contributed by atoms with Crippen molar-refractivity contribution in [3.8, 4) is 0 Å². The quantitative estimate of drug-likeness (QED) is 0.245. The molecule has 0 spiro atoms. The van der Waals surface area contributed by atoms with E-state index >= 15 is 0 Å². The number of aliphatic hydroxyl groups excluding tert-OH is 1. The Kier molecular flexibility index (Phi) is 12.7. The molecule has 0 aromatic carbocycles. The van der Waals surface area contributed by atoms with Gasteiger partial charge >= 0.3 is 35.8 Å². The zero-order chi connectivity index (χ0) is 34.4. The number of esters is 6. The Morgan fingerprint density at radius 3 is 1.60 bits per heavy atom. The molecule has 0 saturated heterocycles. The molecule has 0 aliphatic heterocycles. The molecular formula is C32H44O13. The largest absolute Gasteiger partial charge is 0.458 e. The van der Waals surface area contributed by atoms with Gasteiger partial charge in [-0.1, -0.05) is 13.8 Å². The van der Waals surface area contributed by atoms with Crippen LogP contribution in [0.5, 0.6) is 0 Å². The smallest absolute Gasteiger partial charge is 0.307 e. The molecule has 2 aliphatic carbocycles. The molecule has 13 heteroatoms. The molecule has 2 bridgehead atoms. The van der Waals surface area contributed by atoms with E-state index in [1.54, 1.807) is 20.8 Å². The van der Waals surface area contributed by atoms with Crippen molar-refractivity contribution in [2.75, 3.05) is 6.61 Å². The molecule has 0 aromatic heterocycles. The van der Waals surface area contributed by atoms with E-state index in [1.807, 2.05) is 0 Å². The van der Waals surface area contributed by atoms with Crippen molar-refractivity contribution in [1.82, 2.24) is 0 Å². The number of carbonyl (C=O) groups excluding carboxylic acids is 6. The normalized spacial score (nSPS) is 29.4. The fraction of sp³-hybridized carbons (Fsp3) is 0.625. The molecule has 2 rings (SSSR count). The van der Waals surface area contributed by atoms with E-state index in [9.17, 15) is 33.9 Å². The van der Waals surface area contributed by atoms with Crippen LogP contribution in [0.15, 0.2) is 34.1 Å². The summed E-state index contributed by atoms with van der Waals surface area (Å²) in [7, 11) is 0. The van der Waals surface area contributed by atoms with E-state index in [-0.39, 0.29) is 29.7 Å². The average Bonchev–Trinajstić information content (AvgIpc) is 2.87. The second kappa shape index (κ2) is 15.3. The SMILES string of the molecule is CC(=O)O/C1=C(\C)[C@@H](OC(C)=O)C[C@H](OC(C)=O)/C(CO)=C\[C@H](OC(C)=O)[C@@H]2C[C@H](OC(C)=O)C(C)=C([C@H]1OC(C)=O)C2(C)C. The van der Waals surface area contributed by atoms with Crippen molar-refractivity contribution in [2.24, 2.45) is 11.3 Å². The highest BCUT2D eigenvalue weighted by atomic mass is 16.6. The zero-order valence-corrected chi connectivity index (χ0v) is 27.5. The summed E-state index contributed by atoms with van der Waals surface area (Å²) in [5, 5.41) is 10.5. The van der Waals surface area contributed by atoms with Crippen molar-refractivity contribution < 1.29 is 62.3 Å². The Morgan fingerprint density at radius 2 is 1.16 bits per heavy atom. The van der Waals surface area contributed by atoms with Gasteiger partial charge in [0.05, 0.1) is 6.61 Å². The highest BCUT2D eigenvalue weighted by Gasteiger charge is 2.51. The Bertz CT molecular complexity index is 1300. The molecule has 250 valence electrons. The third-order valence-corrected chi connectivity index (χ3v) is 7.93. The van der Waals surface area contributed by atoms with Crippen LogP contribution in [0.25, 0.3) is 0 Å². The first kappa shape index (κ1) is 37.2. The van der Waals surface area contributed by atoms with Crippen molar-refractivity contribution in [3.05, 3.63) is 34.1 Å². The predicted octanol–water partition coefficient (Wildman–Crippen LogP) is 3.17. The van der Waals surface area contributed by atoms with Crippen molar-refractivity contribution >= 4 is 35.8 Å². The standard InChI is InChI=1S/C32H44O13/c1-15-25(40-17(3)34)12-24-28(43-20(6)37)11-23(14-33)27(42-19(5)36)13-26(41-18(4)35)16(2)30(44-21(7)38)31(45-22(8)39)29(15)32(24,9)10/h11,24-28,31,33H,12-14H2,1-10H3/b23-11-,30-16+/t24-,25-,26-,27-,28-,31+/m0/s1. The lowest BCUT2D eigenvalue weighted by Crippen LogP contribution is -2.49. The molecule has 0 radical (unpaired) electrons. The number of hydrogen-bond acceptors (Lipinski definition) is 13. The summed E-state index contributed by atoms with van der Waals surface area (Å²) in [6.45, 7) is 13.2. The minimum atomic E-state index is -1.40. The van der Waals surface area contributed by atoms with Gasteiger partial charge in [0.1, 0.15) is 24.4 Å². The van der Waals surface area contributed by atoms with Crippen LogP contribution in [0.1, 0.15) is 82.1 Å². The third kappa shape index (κ3) is 9.49. The molecule has 0 fully saturated rings. The lowest BCUT2D eigenvalue weighted by atomic mass is 9.60. The summed E-state index contributed by atoms with van der Waals surface area (Å²) in [4.78, 5) is 74.4. The molecule has 1 N–H and O–H groups in total. The molecule has 0 saturated carbocycles. The highest BCUT2D eigenvalue weighted by molar-refractivity contribution is 5.71. The lowest BCUT2D eigenvalue weighted by molar-refractivity contribution is -0.156. The second-order valence-electron chi connectivity index (χ2n) is 11.8. The van der Waals surface area contributed by atoms with Gasteiger partial charge in [-0.25, -0.2) is 0 Å². The zero-order valence-electron chi connectivity index (χ0n) is 27.5. The molecule has 0 amide bonds. The van der Waals surface area contributed by atoms with E-state index < -0.39 is 84.3 Å². The third-order valence-electron chi connectivity index (χ3n) is 7.93. The summed E-state index contributed by atoms with van der Waals surface area (Å²) in [5.41, 5.74) is 0.143. The van der Waals surface area contributed by atoms with Crippen molar-refractivity contribution in [1.29, 1.82) is 0 Å². The Hall–Kier alpha value is -4.00. The van der Waals surface area contributed by atoms with E-state index in [1.165, 1.54) is 33.8 Å². The van der Waals surface area contributed by atoms with Crippen LogP contribution in [-0.4, -0.2) is 78.0 Å². The predicted molar refractivity (Wildman–Crippen MR) is 157 cm³/mol. The molecule has 2 aliphatic rings. The van der Waals surface area contributed by atoms with Crippen LogP contribution >= 0.6 is 0 Å². The minimum absolute atomic E-state index is 0.139. The monoisotopic (exact) mass is 636 g/mol. The number of ether oxygens (including phenoxy) is 6. The molecule has 0 unspecified atom stereocenters. The Morgan fingerprint density at radius 1 is 0.689 bits per heavy atom. The van der Waals surface area contributed by atoms with Crippen LogP contribution in [0.2, 0.25) is 0 Å². The minimum Gasteiger partial charge on any atom is -0.458 e. The number of hydrogen-bond donors (Lipinski definition) is 1. The first-order chi connectivity index (χ1) is 20.8. The maximum Gasteiger partial charge on any atom is 0.307 e. The molecule has 13 nitrogen and oxygen atoms in total. The van der Waals surface area contributed by atoms with Gasteiger partial charge in [0.2, 0.25) is 0 Å². The Balaban J connectivity index is 3.21. The van der Waals surface area contributed by atoms with Crippen LogP contribution in [0, 0.1) is 11.3 Å². The number of rotatable bonds is 7. The molecule has 45 heavy (non-hydrogen) atoms. The summed E-state index contributed by atoms with van der Waals surface area (Å²) >= 11 is 0. The first-order valence-corrected chi connectivity index (χ1v) is 14.6. The summed E-state index contributed by atoms with van der Waals surface area (Å²) < 4.78 is 34.3. The summed E-state index contributed by atoms with van der Waals surface area (Å²) in [5.74, 6) is -5.09. The number of carbonyl (C=O) groups is 6. The van der Waals surface area contributed by atoms with Crippen molar-refractivity contribution in [3.63, 3.8) is 0 Å². The average molecular weight is 637 g/mol. The van der Waals surface area contributed by atoms with Gasteiger partial charge in [0, 0.05) is 59.5 Å². The molecule has 6 atom stereocenters. The lowest BCUT2D eigenvalue weighted by Gasteiger charge is -2.48. The molecule has 0 heterocycles. The van der Waals surface area contributed by atoms with Crippen LogP contribution < -0.4 is 0 Å². The number of fused-ring (bicyclic) bond motifs is 2. The fourth-order valence-electron chi connectivity index (χ4n) is 6.15. The van der Waals surface area contributed by atoms with Gasteiger partial charge in [-0.15, -0.1) is 0 Å². The van der Waals surface area contributed by atoms with Gasteiger partial charge in [-0.3, -0.25) is 28.8 Å². The van der Waals surface area contributed by atoms with E-state index in [4.69, 9.17) is 28.4 Å². The summed E-state index contributed by atoms with van der Waals surface area (Å²) in [6.07, 6.45) is -4.45. The maximum absolute atomic E-state index is 12.6. The van der Waals surface area contributed by atoms with E-state index in [0.717, 1.165) is 20.8 Å². The second-order valence-corrected chi connectivity index (χ2v) is 11.8. The van der Waals surface area contributed by atoms with Crippen LogP contribution in [0.3, 0.4) is 0 Å². The molecular weight excluding hydrogens is 592 g/mol. The topological polar surface area (TPSA) is 178 Å². The Labute approximate surface area is 262 Å². The van der Waals surface area contributed by atoms with Gasteiger partial charge < -0.3 is 33.5 Å². The molecule has 0 aromatic rings. The van der Waals surface area contributed by atoms with Gasteiger partial charge in [-0.05, 0) is 48.5 Å². The number of aliphatic hydroxyl groups is 1. The van der Waals surface area contributed by atoms with Crippen molar-refractivity contribution in [2.45, 2.75) is 113 Å². The highest BCUT2D eigenvalue weighted by Crippen LogP contribution is 2.51. The van der Waals surface area contributed by atoms with Gasteiger partial charge in [-0.2, -0.15) is 0 Å². The first-order valence-electron chi connectivity index (χ1n) is 14.6. The van der Waals surface area contributed by atoms with E-state index in [2.05, 4.69) is 0 Å². The summed E-state index contributed by atoms with van der Waals surface area (Å²) in [6, 6.07) is 0. The maximum atomic E-state index is 12.6. The fourth-order valence-corrected chi connectivity index (χ4v) is 6.15. The van der Waals surface area contributed by atoms with Gasteiger partial charge in [0.15, 0.2) is 11.9 Å². The van der Waals surface area contributed by atoms with Crippen LogP contribution in [-0.2, 0) is 57.2 Å². The van der Waals surface area contributed by atoms with E-state index in [0.29, 0.717) is 11.1 Å². The van der Waals surface area contributed by atoms with Gasteiger partial charge in [0.25, 0.3) is 0 Å².